The predicted molar refractivity (Wildman–Crippen MR) is 78.4 cm³/mol. The van der Waals surface area contributed by atoms with Gasteiger partial charge in [0.15, 0.2) is 0 Å². The van der Waals surface area contributed by atoms with E-state index in [9.17, 15) is 9.59 Å². The number of methoxy groups -OCH3 is 1. The van der Waals surface area contributed by atoms with E-state index in [0.29, 0.717) is 13.1 Å². The van der Waals surface area contributed by atoms with Crippen LogP contribution in [0.5, 0.6) is 0 Å². The molecule has 3 N–H and O–H groups in total. The Balaban J connectivity index is 2.26. The summed E-state index contributed by atoms with van der Waals surface area (Å²) in [6.45, 7) is 1.05. The van der Waals surface area contributed by atoms with Crippen LogP contribution in [0.25, 0.3) is 0 Å². The third kappa shape index (κ3) is 3.80. The fourth-order valence-corrected chi connectivity index (χ4v) is 2.53. The van der Waals surface area contributed by atoms with Gasteiger partial charge in [-0.1, -0.05) is 30.3 Å². The number of hydrogen-bond acceptors (Lipinski definition) is 4. The molecule has 1 aliphatic heterocycles. The second kappa shape index (κ2) is 7.19. The van der Waals surface area contributed by atoms with Gasteiger partial charge >= 0.3 is 0 Å². The lowest BCUT2D eigenvalue weighted by Gasteiger charge is -2.31. The minimum atomic E-state index is -0.714. The van der Waals surface area contributed by atoms with Gasteiger partial charge in [0.2, 0.25) is 11.8 Å². The van der Waals surface area contributed by atoms with E-state index in [1.807, 2.05) is 30.3 Å². The number of nitrogens with zero attached hydrogens (tertiary/aromatic N) is 1. The Hall–Kier alpha value is -1.92. The minimum Gasteiger partial charge on any atom is -0.383 e. The van der Waals surface area contributed by atoms with E-state index in [1.54, 1.807) is 4.90 Å². The summed E-state index contributed by atoms with van der Waals surface area (Å²) in [5.74, 6) is -0.248. The molecular weight excluding hydrogens is 270 g/mol. The van der Waals surface area contributed by atoms with Crippen molar-refractivity contribution in [2.75, 3.05) is 26.8 Å². The van der Waals surface area contributed by atoms with Crippen molar-refractivity contribution in [3.63, 3.8) is 0 Å². The summed E-state index contributed by atoms with van der Waals surface area (Å²) in [5.41, 5.74) is 6.80. The maximum absolute atomic E-state index is 12.5. The minimum absolute atomic E-state index is 0.0560. The molecule has 1 aromatic carbocycles. The second-order valence-electron chi connectivity index (χ2n) is 5.07. The van der Waals surface area contributed by atoms with Crippen molar-refractivity contribution in [2.45, 2.75) is 18.5 Å². The molecule has 1 saturated heterocycles. The lowest BCUT2D eigenvalue weighted by atomic mass is 10.0. The van der Waals surface area contributed by atoms with E-state index in [2.05, 4.69) is 5.32 Å². The van der Waals surface area contributed by atoms with Gasteiger partial charge in [-0.2, -0.15) is 0 Å². The van der Waals surface area contributed by atoms with Crippen LogP contribution in [0.2, 0.25) is 0 Å². The molecule has 0 aliphatic carbocycles. The normalized spacial score (nSPS) is 20.6. The van der Waals surface area contributed by atoms with Crippen molar-refractivity contribution in [2.24, 2.45) is 5.73 Å². The van der Waals surface area contributed by atoms with Crippen LogP contribution in [0.4, 0.5) is 0 Å². The molecular formula is C15H21N3O3. The van der Waals surface area contributed by atoms with Crippen LogP contribution in [-0.4, -0.2) is 49.6 Å². The van der Waals surface area contributed by atoms with Crippen molar-refractivity contribution < 1.29 is 14.3 Å². The summed E-state index contributed by atoms with van der Waals surface area (Å²) in [5, 5.41) is 2.80. The topological polar surface area (TPSA) is 84.7 Å². The van der Waals surface area contributed by atoms with Gasteiger partial charge in [-0.15, -0.1) is 0 Å². The predicted octanol–water partition coefficient (Wildman–Crippen LogP) is 0.0499. The van der Waals surface area contributed by atoms with Gasteiger partial charge in [0.1, 0.15) is 6.04 Å². The Morgan fingerprint density at radius 3 is 2.86 bits per heavy atom. The van der Waals surface area contributed by atoms with Gasteiger partial charge in [0, 0.05) is 20.2 Å². The van der Waals surface area contributed by atoms with E-state index in [4.69, 9.17) is 10.5 Å². The number of carbonyl (C=O) groups is 2. The standard InChI is InChI=1S/C15H21N3O3/c1-21-10-12(16)15(20)18-8-7-17-14(19)9-13(18)11-5-3-2-4-6-11/h2-6,12-13H,7-10,16H2,1H3,(H,17,19). The second-order valence-corrected chi connectivity index (χ2v) is 5.07. The van der Waals surface area contributed by atoms with Crippen LogP contribution in [0.1, 0.15) is 18.0 Å². The van der Waals surface area contributed by atoms with Crippen molar-refractivity contribution in [3.8, 4) is 0 Å². The molecule has 2 amide bonds. The van der Waals surface area contributed by atoms with E-state index in [-0.39, 0.29) is 30.9 Å². The molecule has 2 unspecified atom stereocenters. The average molecular weight is 291 g/mol. The van der Waals surface area contributed by atoms with Gasteiger partial charge in [-0.3, -0.25) is 9.59 Å². The molecule has 6 nitrogen and oxygen atoms in total. The Morgan fingerprint density at radius 2 is 2.19 bits per heavy atom. The van der Waals surface area contributed by atoms with Crippen LogP contribution in [0, 0.1) is 0 Å². The zero-order valence-electron chi connectivity index (χ0n) is 12.1. The van der Waals surface area contributed by atoms with Gasteiger partial charge in [0.25, 0.3) is 0 Å². The summed E-state index contributed by atoms with van der Waals surface area (Å²) in [6.07, 6.45) is 0.245. The number of rotatable bonds is 4. The molecule has 2 atom stereocenters. The SMILES string of the molecule is COCC(N)C(=O)N1CCNC(=O)CC1c1ccccc1. The summed E-state index contributed by atoms with van der Waals surface area (Å²) in [6, 6.07) is 8.55. The molecule has 21 heavy (non-hydrogen) atoms. The molecule has 1 fully saturated rings. The first-order valence-electron chi connectivity index (χ1n) is 7.00. The van der Waals surface area contributed by atoms with E-state index in [0.717, 1.165) is 5.56 Å². The van der Waals surface area contributed by atoms with Crippen LogP contribution in [-0.2, 0) is 14.3 Å². The zero-order valence-corrected chi connectivity index (χ0v) is 12.1. The van der Waals surface area contributed by atoms with Crippen LogP contribution in [0.15, 0.2) is 30.3 Å². The molecule has 1 aromatic rings. The Bertz CT molecular complexity index is 492. The lowest BCUT2D eigenvalue weighted by molar-refractivity contribution is -0.136. The van der Waals surface area contributed by atoms with Gasteiger partial charge < -0.3 is 20.7 Å². The summed E-state index contributed by atoms with van der Waals surface area (Å²) in [7, 11) is 1.51. The highest BCUT2D eigenvalue weighted by Crippen LogP contribution is 2.26. The van der Waals surface area contributed by atoms with Crippen LogP contribution in [0.3, 0.4) is 0 Å². The molecule has 0 radical (unpaired) electrons. The van der Waals surface area contributed by atoms with Crippen molar-refractivity contribution in [3.05, 3.63) is 35.9 Å². The molecule has 1 heterocycles. The highest BCUT2D eigenvalue weighted by atomic mass is 16.5. The number of carbonyl (C=O) groups excluding carboxylic acids is 2. The Labute approximate surface area is 124 Å². The van der Waals surface area contributed by atoms with Gasteiger partial charge in [0.05, 0.1) is 19.1 Å². The molecule has 0 saturated carbocycles. The number of amides is 2. The maximum Gasteiger partial charge on any atom is 0.242 e. The number of benzene rings is 1. The van der Waals surface area contributed by atoms with Crippen molar-refractivity contribution in [1.82, 2.24) is 10.2 Å². The van der Waals surface area contributed by atoms with Crippen molar-refractivity contribution >= 4 is 11.8 Å². The van der Waals surface area contributed by atoms with Crippen LogP contribution < -0.4 is 11.1 Å². The monoisotopic (exact) mass is 291 g/mol. The quantitative estimate of drug-likeness (QED) is 0.821. The summed E-state index contributed by atoms with van der Waals surface area (Å²) in [4.78, 5) is 26.0. The fraction of sp³-hybridized carbons (Fsp3) is 0.467. The molecule has 6 heteroatoms. The summed E-state index contributed by atoms with van der Waals surface area (Å²) < 4.78 is 4.95. The number of nitrogens with two attached hydrogens (primary N) is 1. The first kappa shape index (κ1) is 15.5. The number of ether oxygens (including phenoxy) is 1. The molecule has 0 spiro atoms. The first-order valence-corrected chi connectivity index (χ1v) is 7.00. The molecule has 114 valence electrons. The average Bonchev–Trinajstić information content (AvgIpc) is 2.69. The highest BCUT2D eigenvalue weighted by molar-refractivity contribution is 5.84. The van der Waals surface area contributed by atoms with Crippen molar-refractivity contribution in [1.29, 1.82) is 0 Å². The third-order valence-corrected chi connectivity index (χ3v) is 3.56. The fourth-order valence-electron chi connectivity index (χ4n) is 2.53. The summed E-state index contributed by atoms with van der Waals surface area (Å²) >= 11 is 0. The third-order valence-electron chi connectivity index (χ3n) is 3.56. The smallest absolute Gasteiger partial charge is 0.242 e. The van der Waals surface area contributed by atoms with Gasteiger partial charge in [-0.05, 0) is 5.56 Å². The molecule has 2 rings (SSSR count). The Kier molecular flexibility index (Phi) is 5.30. The molecule has 1 aliphatic rings. The lowest BCUT2D eigenvalue weighted by Crippen LogP contribution is -2.48. The van der Waals surface area contributed by atoms with E-state index < -0.39 is 6.04 Å². The first-order chi connectivity index (χ1) is 10.1. The maximum atomic E-state index is 12.5. The highest BCUT2D eigenvalue weighted by Gasteiger charge is 2.32. The Morgan fingerprint density at radius 1 is 1.48 bits per heavy atom. The van der Waals surface area contributed by atoms with E-state index >= 15 is 0 Å². The molecule has 0 aromatic heterocycles. The zero-order chi connectivity index (χ0) is 15.2. The van der Waals surface area contributed by atoms with E-state index in [1.165, 1.54) is 7.11 Å². The van der Waals surface area contributed by atoms with Crippen LogP contribution >= 0.6 is 0 Å². The molecule has 0 bridgehead atoms. The number of hydrogen-bond donors (Lipinski definition) is 2. The number of nitrogens with one attached hydrogen (secondary N) is 1. The van der Waals surface area contributed by atoms with Gasteiger partial charge in [-0.25, -0.2) is 0 Å². The largest absolute Gasteiger partial charge is 0.383 e.